The van der Waals surface area contributed by atoms with Crippen molar-refractivity contribution in [3.63, 3.8) is 0 Å². The normalized spacial score (nSPS) is 27.8. The number of rotatable bonds is 4. The van der Waals surface area contributed by atoms with Crippen LogP contribution < -0.4 is 4.72 Å². The molecule has 0 saturated heterocycles. The fourth-order valence-corrected chi connectivity index (χ4v) is 3.90. The standard InChI is InChI=1S/C16H23NO2S/c1-13-7-6-10-16(14(13)2)17-20(18,19)12-11-15-8-4-3-5-9-15/h3-5,8-9,11-14,16-17H,6-7,10H2,1-2H3/b12-11+/t13-,14+,16-/m0/s1. The van der Waals surface area contributed by atoms with Crippen molar-refractivity contribution in [3.05, 3.63) is 41.3 Å². The molecule has 0 aliphatic heterocycles. The molecule has 3 atom stereocenters. The predicted octanol–water partition coefficient (Wildman–Crippen LogP) is 3.40. The summed E-state index contributed by atoms with van der Waals surface area (Å²) < 4.78 is 27.1. The molecule has 2 rings (SSSR count). The number of hydrogen-bond donors (Lipinski definition) is 1. The van der Waals surface area contributed by atoms with E-state index in [9.17, 15) is 8.42 Å². The molecule has 0 amide bonds. The Morgan fingerprint density at radius 3 is 2.55 bits per heavy atom. The summed E-state index contributed by atoms with van der Waals surface area (Å²) in [6.45, 7) is 4.34. The first-order valence-corrected chi connectivity index (χ1v) is 8.78. The summed E-state index contributed by atoms with van der Waals surface area (Å²) in [5.74, 6) is 0.971. The lowest BCUT2D eigenvalue weighted by molar-refractivity contribution is 0.227. The van der Waals surface area contributed by atoms with Gasteiger partial charge in [-0.05, 0) is 29.9 Å². The largest absolute Gasteiger partial charge is 0.233 e. The van der Waals surface area contributed by atoms with Gasteiger partial charge >= 0.3 is 0 Å². The van der Waals surface area contributed by atoms with Gasteiger partial charge in [-0.25, -0.2) is 13.1 Å². The van der Waals surface area contributed by atoms with Crippen molar-refractivity contribution in [2.45, 2.75) is 39.2 Å². The van der Waals surface area contributed by atoms with Gasteiger partial charge in [-0.15, -0.1) is 0 Å². The molecule has 1 fully saturated rings. The van der Waals surface area contributed by atoms with Crippen LogP contribution in [0.15, 0.2) is 35.7 Å². The molecule has 110 valence electrons. The van der Waals surface area contributed by atoms with Crippen LogP contribution in [0.2, 0.25) is 0 Å². The van der Waals surface area contributed by atoms with E-state index in [0.717, 1.165) is 18.4 Å². The monoisotopic (exact) mass is 293 g/mol. The van der Waals surface area contributed by atoms with Crippen LogP contribution in [0.3, 0.4) is 0 Å². The predicted molar refractivity (Wildman–Crippen MR) is 83.5 cm³/mol. The molecule has 20 heavy (non-hydrogen) atoms. The summed E-state index contributed by atoms with van der Waals surface area (Å²) in [6.07, 6.45) is 4.86. The van der Waals surface area contributed by atoms with Crippen LogP contribution in [0.5, 0.6) is 0 Å². The van der Waals surface area contributed by atoms with E-state index in [1.54, 1.807) is 6.08 Å². The van der Waals surface area contributed by atoms with E-state index in [4.69, 9.17) is 0 Å². The highest BCUT2D eigenvalue weighted by Crippen LogP contribution is 2.29. The lowest BCUT2D eigenvalue weighted by Crippen LogP contribution is -2.42. The molecule has 0 aromatic heterocycles. The van der Waals surface area contributed by atoms with Gasteiger partial charge in [-0.1, -0.05) is 57.0 Å². The van der Waals surface area contributed by atoms with Crippen molar-refractivity contribution in [3.8, 4) is 0 Å². The van der Waals surface area contributed by atoms with Crippen LogP contribution in [-0.2, 0) is 10.0 Å². The van der Waals surface area contributed by atoms with E-state index in [-0.39, 0.29) is 6.04 Å². The molecule has 1 N–H and O–H groups in total. The van der Waals surface area contributed by atoms with Crippen molar-refractivity contribution in [2.24, 2.45) is 11.8 Å². The summed E-state index contributed by atoms with van der Waals surface area (Å²) in [6, 6.07) is 9.53. The minimum Gasteiger partial charge on any atom is -0.208 e. The minimum absolute atomic E-state index is 0.0594. The van der Waals surface area contributed by atoms with Crippen molar-refractivity contribution < 1.29 is 8.42 Å². The van der Waals surface area contributed by atoms with Crippen LogP contribution in [-0.4, -0.2) is 14.5 Å². The first-order valence-electron chi connectivity index (χ1n) is 7.23. The molecule has 0 spiro atoms. The lowest BCUT2D eigenvalue weighted by Gasteiger charge is -2.34. The topological polar surface area (TPSA) is 46.2 Å². The summed E-state index contributed by atoms with van der Waals surface area (Å²) in [7, 11) is -3.37. The zero-order chi connectivity index (χ0) is 14.6. The molecule has 4 heteroatoms. The number of benzene rings is 1. The van der Waals surface area contributed by atoms with Gasteiger partial charge in [0.25, 0.3) is 0 Å². The molecule has 0 unspecified atom stereocenters. The first kappa shape index (κ1) is 15.3. The van der Waals surface area contributed by atoms with Crippen molar-refractivity contribution in [1.29, 1.82) is 0 Å². The summed E-state index contributed by atoms with van der Waals surface area (Å²) in [5.41, 5.74) is 0.892. The Morgan fingerprint density at radius 2 is 1.85 bits per heavy atom. The maximum Gasteiger partial charge on any atom is 0.233 e. The zero-order valence-corrected chi connectivity index (χ0v) is 12.9. The second-order valence-electron chi connectivity index (χ2n) is 5.75. The molecule has 3 nitrogen and oxygen atoms in total. The third-order valence-corrected chi connectivity index (χ3v) is 5.39. The van der Waals surface area contributed by atoms with Gasteiger partial charge < -0.3 is 0 Å². The van der Waals surface area contributed by atoms with E-state index >= 15 is 0 Å². The van der Waals surface area contributed by atoms with Crippen LogP contribution >= 0.6 is 0 Å². The summed E-state index contributed by atoms with van der Waals surface area (Å²) in [4.78, 5) is 0. The minimum atomic E-state index is -3.37. The van der Waals surface area contributed by atoms with E-state index in [1.807, 2.05) is 30.3 Å². The Balaban J connectivity index is 2.02. The second-order valence-corrected chi connectivity index (χ2v) is 7.35. The smallest absolute Gasteiger partial charge is 0.208 e. The maximum absolute atomic E-state index is 12.1. The zero-order valence-electron chi connectivity index (χ0n) is 12.1. The summed E-state index contributed by atoms with van der Waals surface area (Å²) >= 11 is 0. The molecule has 1 aromatic carbocycles. The van der Waals surface area contributed by atoms with Gasteiger partial charge in [0.05, 0.1) is 0 Å². The van der Waals surface area contributed by atoms with Crippen molar-refractivity contribution >= 4 is 16.1 Å². The Kier molecular flexibility index (Phi) is 5.00. The molecule has 0 heterocycles. The van der Waals surface area contributed by atoms with Crippen molar-refractivity contribution in [2.75, 3.05) is 0 Å². The quantitative estimate of drug-likeness (QED) is 0.924. The van der Waals surface area contributed by atoms with Gasteiger partial charge in [0, 0.05) is 11.4 Å². The Morgan fingerprint density at radius 1 is 1.15 bits per heavy atom. The Labute approximate surface area is 122 Å². The van der Waals surface area contributed by atoms with Crippen LogP contribution in [0.1, 0.15) is 38.7 Å². The van der Waals surface area contributed by atoms with Gasteiger partial charge in [-0.3, -0.25) is 0 Å². The molecule has 1 aliphatic carbocycles. The van der Waals surface area contributed by atoms with E-state index in [0.29, 0.717) is 11.8 Å². The Bertz CT molecular complexity index is 551. The van der Waals surface area contributed by atoms with Crippen molar-refractivity contribution in [1.82, 2.24) is 4.72 Å². The number of sulfonamides is 1. The SMILES string of the molecule is C[C@H]1[C@@H](NS(=O)(=O)/C=C/c2ccccc2)CCC[C@@H]1C. The molecular weight excluding hydrogens is 270 g/mol. The molecule has 0 radical (unpaired) electrons. The van der Waals surface area contributed by atoms with Gasteiger partial charge in [0.2, 0.25) is 10.0 Å². The van der Waals surface area contributed by atoms with E-state index in [1.165, 1.54) is 11.8 Å². The molecule has 1 aliphatic rings. The Hall–Kier alpha value is -1.13. The molecule has 1 aromatic rings. The second kappa shape index (κ2) is 6.55. The maximum atomic E-state index is 12.1. The molecule has 0 bridgehead atoms. The molecule has 1 saturated carbocycles. The fourth-order valence-electron chi connectivity index (χ4n) is 2.73. The van der Waals surface area contributed by atoms with Gasteiger partial charge in [-0.2, -0.15) is 0 Å². The lowest BCUT2D eigenvalue weighted by atomic mass is 9.78. The van der Waals surface area contributed by atoms with E-state index < -0.39 is 10.0 Å². The van der Waals surface area contributed by atoms with E-state index in [2.05, 4.69) is 18.6 Å². The number of hydrogen-bond acceptors (Lipinski definition) is 2. The highest BCUT2D eigenvalue weighted by molar-refractivity contribution is 7.92. The van der Waals surface area contributed by atoms with Crippen LogP contribution in [0, 0.1) is 11.8 Å². The highest BCUT2D eigenvalue weighted by Gasteiger charge is 2.29. The third kappa shape index (κ3) is 4.18. The van der Waals surface area contributed by atoms with Crippen LogP contribution in [0.4, 0.5) is 0 Å². The van der Waals surface area contributed by atoms with Gasteiger partial charge in [0.1, 0.15) is 0 Å². The fraction of sp³-hybridized carbons (Fsp3) is 0.500. The first-order chi connectivity index (χ1) is 9.48. The molecular formula is C16H23NO2S. The highest BCUT2D eigenvalue weighted by atomic mass is 32.2. The average Bonchev–Trinajstić information content (AvgIpc) is 2.43. The number of nitrogens with one attached hydrogen (secondary N) is 1. The van der Waals surface area contributed by atoms with Gasteiger partial charge in [0.15, 0.2) is 0 Å². The van der Waals surface area contributed by atoms with Crippen LogP contribution in [0.25, 0.3) is 6.08 Å². The third-order valence-electron chi connectivity index (χ3n) is 4.26. The summed E-state index contributed by atoms with van der Waals surface area (Å²) in [5, 5.41) is 1.27. The average molecular weight is 293 g/mol.